The fraction of sp³-hybridized carbons (Fsp3) is 0.667. The van der Waals surface area contributed by atoms with Crippen LogP contribution in [0.15, 0.2) is 11.6 Å². The molecule has 2 atom stereocenters. The van der Waals surface area contributed by atoms with Crippen LogP contribution in [0.4, 0.5) is 5.69 Å². The molecule has 1 heterocycles. The van der Waals surface area contributed by atoms with Crippen molar-refractivity contribution in [2.45, 2.75) is 32.4 Å². The average Bonchev–Trinajstić information content (AvgIpc) is 2.56. The Morgan fingerprint density at radius 3 is 2.92 bits per heavy atom. The number of nitrogens with two attached hydrogens (primary N) is 1. The lowest BCUT2D eigenvalue weighted by Gasteiger charge is -2.50. The lowest BCUT2D eigenvalue weighted by molar-refractivity contribution is 0.117. The Morgan fingerprint density at radius 1 is 1.69 bits per heavy atom. The second kappa shape index (κ2) is 2.96. The molecule has 1 aliphatic carbocycles. The monoisotopic (exact) mass is 197 g/mol. The third kappa shape index (κ3) is 1.44. The summed E-state index contributed by atoms with van der Waals surface area (Å²) in [5, 5.41) is 5.47. The highest BCUT2D eigenvalue weighted by molar-refractivity contribution is 7.04. The first kappa shape index (κ1) is 8.97. The molecule has 1 aromatic rings. The zero-order chi connectivity index (χ0) is 9.47. The van der Waals surface area contributed by atoms with Crippen LogP contribution in [-0.2, 0) is 0 Å². The summed E-state index contributed by atoms with van der Waals surface area (Å²) in [5.74, 6) is 0. The summed E-state index contributed by atoms with van der Waals surface area (Å²) >= 11 is 1.47. The third-order valence-electron chi connectivity index (χ3n) is 3.12. The lowest BCUT2D eigenvalue weighted by atomic mass is 9.63. The highest BCUT2D eigenvalue weighted by atomic mass is 32.1. The fourth-order valence-electron chi connectivity index (χ4n) is 1.68. The maximum atomic E-state index is 5.92. The van der Waals surface area contributed by atoms with Gasteiger partial charge in [-0.2, -0.15) is 4.37 Å². The van der Waals surface area contributed by atoms with Gasteiger partial charge >= 0.3 is 0 Å². The molecule has 13 heavy (non-hydrogen) atoms. The predicted molar refractivity (Wildman–Crippen MR) is 55.9 cm³/mol. The van der Waals surface area contributed by atoms with Gasteiger partial charge in [-0.3, -0.25) is 0 Å². The van der Waals surface area contributed by atoms with E-state index in [0.29, 0.717) is 12.1 Å². The maximum Gasteiger partial charge on any atom is 0.0655 e. The van der Waals surface area contributed by atoms with Gasteiger partial charge in [0.2, 0.25) is 0 Å². The van der Waals surface area contributed by atoms with E-state index < -0.39 is 0 Å². The summed E-state index contributed by atoms with van der Waals surface area (Å²) < 4.78 is 4.05. The van der Waals surface area contributed by atoms with Crippen LogP contribution in [0.5, 0.6) is 0 Å². The molecule has 0 aliphatic heterocycles. The molecule has 3 nitrogen and oxygen atoms in total. The van der Waals surface area contributed by atoms with Crippen molar-refractivity contribution in [1.82, 2.24) is 4.37 Å². The highest BCUT2D eigenvalue weighted by Crippen LogP contribution is 2.40. The molecule has 1 aliphatic rings. The Hall–Kier alpha value is -0.610. The minimum absolute atomic E-state index is 0.210. The topological polar surface area (TPSA) is 50.9 Å². The van der Waals surface area contributed by atoms with Crippen LogP contribution in [0.2, 0.25) is 0 Å². The van der Waals surface area contributed by atoms with Gasteiger partial charge in [-0.15, -0.1) is 0 Å². The van der Waals surface area contributed by atoms with E-state index in [4.69, 9.17) is 5.73 Å². The minimum atomic E-state index is 0.210. The van der Waals surface area contributed by atoms with Crippen molar-refractivity contribution in [3.63, 3.8) is 0 Å². The summed E-state index contributed by atoms with van der Waals surface area (Å²) in [5.41, 5.74) is 7.25. The van der Waals surface area contributed by atoms with Crippen LogP contribution in [0.25, 0.3) is 0 Å². The average molecular weight is 197 g/mol. The molecule has 72 valence electrons. The van der Waals surface area contributed by atoms with E-state index in [1.54, 1.807) is 0 Å². The molecule has 0 bridgehead atoms. The molecule has 0 radical (unpaired) electrons. The summed E-state index contributed by atoms with van der Waals surface area (Å²) in [6.45, 7) is 4.41. The second-order valence-corrected chi connectivity index (χ2v) is 4.93. The summed E-state index contributed by atoms with van der Waals surface area (Å²) in [6.07, 6.45) is 2.92. The van der Waals surface area contributed by atoms with Gasteiger partial charge in [0.1, 0.15) is 0 Å². The van der Waals surface area contributed by atoms with Gasteiger partial charge in [0.25, 0.3) is 0 Å². The molecule has 1 saturated carbocycles. The Kier molecular flexibility index (Phi) is 2.04. The summed E-state index contributed by atoms with van der Waals surface area (Å²) in [4.78, 5) is 0. The van der Waals surface area contributed by atoms with Crippen molar-refractivity contribution in [3.8, 4) is 0 Å². The van der Waals surface area contributed by atoms with Crippen LogP contribution in [0.3, 0.4) is 0 Å². The Bertz CT molecular complexity index is 281. The molecule has 2 rings (SSSR count). The Balaban J connectivity index is 1.98. The zero-order valence-corrected chi connectivity index (χ0v) is 8.77. The number of nitrogens with one attached hydrogen (secondary N) is 1. The molecule has 0 aromatic carbocycles. The van der Waals surface area contributed by atoms with Gasteiger partial charge in [-0.1, -0.05) is 13.8 Å². The third-order valence-corrected chi connectivity index (χ3v) is 3.70. The molecule has 0 spiro atoms. The summed E-state index contributed by atoms with van der Waals surface area (Å²) in [7, 11) is 0. The van der Waals surface area contributed by atoms with Crippen LogP contribution in [0, 0.1) is 5.41 Å². The number of anilines is 1. The van der Waals surface area contributed by atoms with Crippen molar-refractivity contribution >= 4 is 17.2 Å². The van der Waals surface area contributed by atoms with Crippen molar-refractivity contribution < 1.29 is 0 Å². The van der Waals surface area contributed by atoms with Gasteiger partial charge in [0.05, 0.1) is 11.9 Å². The second-order valence-electron chi connectivity index (χ2n) is 4.27. The molecule has 3 N–H and O–H groups in total. The number of aromatic nitrogens is 1. The van der Waals surface area contributed by atoms with E-state index in [-0.39, 0.29) is 5.41 Å². The molecular weight excluding hydrogens is 182 g/mol. The quantitative estimate of drug-likeness (QED) is 0.758. The SMILES string of the molecule is CC1(C)C(N)CC1Nc1cnsc1. The lowest BCUT2D eigenvalue weighted by Crippen LogP contribution is -2.61. The van der Waals surface area contributed by atoms with E-state index >= 15 is 0 Å². The van der Waals surface area contributed by atoms with E-state index in [0.717, 1.165) is 12.1 Å². The molecule has 0 amide bonds. The van der Waals surface area contributed by atoms with E-state index in [9.17, 15) is 0 Å². The molecule has 2 unspecified atom stereocenters. The first-order chi connectivity index (χ1) is 6.10. The summed E-state index contributed by atoms with van der Waals surface area (Å²) in [6, 6.07) is 0.829. The number of rotatable bonds is 2. The molecule has 4 heteroatoms. The van der Waals surface area contributed by atoms with E-state index in [1.807, 2.05) is 11.6 Å². The smallest absolute Gasteiger partial charge is 0.0655 e. The predicted octanol–water partition coefficient (Wildman–Crippen LogP) is 1.68. The van der Waals surface area contributed by atoms with Gasteiger partial charge in [-0.25, -0.2) is 0 Å². The van der Waals surface area contributed by atoms with Crippen LogP contribution >= 0.6 is 11.5 Å². The number of hydrogen-bond acceptors (Lipinski definition) is 4. The number of hydrogen-bond donors (Lipinski definition) is 2. The standard InChI is InChI=1S/C9H15N3S/c1-9(2)7(10)3-8(9)12-6-4-11-13-5-6/h4-5,7-8,12H,3,10H2,1-2H3. The number of nitrogens with zero attached hydrogens (tertiary/aromatic N) is 1. The fourth-order valence-corrected chi connectivity index (χ4v) is 2.16. The maximum absolute atomic E-state index is 5.92. The first-order valence-electron chi connectivity index (χ1n) is 4.52. The van der Waals surface area contributed by atoms with Crippen molar-refractivity contribution in [1.29, 1.82) is 0 Å². The Labute approximate surface area is 82.5 Å². The highest BCUT2D eigenvalue weighted by Gasteiger charge is 2.45. The van der Waals surface area contributed by atoms with Gasteiger partial charge < -0.3 is 11.1 Å². The van der Waals surface area contributed by atoms with Gasteiger partial charge in [-0.05, 0) is 18.0 Å². The normalized spacial score (nSPS) is 31.0. The van der Waals surface area contributed by atoms with Gasteiger partial charge in [0, 0.05) is 22.9 Å². The van der Waals surface area contributed by atoms with Crippen LogP contribution < -0.4 is 11.1 Å². The van der Waals surface area contributed by atoms with Crippen molar-refractivity contribution in [2.24, 2.45) is 11.1 Å². The van der Waals surface area contributed by atoms with E-state index in [2.05, 4.69) is 23.5 Å². The largest absolute Gasteiger partial charge is 0.380 e. The zero-order valence-electron chi connectivity index (χ0n) is 7.95. The van der Waals surface area contributed by atoms with Crippen LogP contribution in [-0.4, -0.2) is 16.5 Å². The molecular formula is C9H15N3S. The minimum Gasteiger partial charge on any atom is -0.380 e. The van der Waals surface area contributed by atoms with Crippen molar-refractivity contribution in [3.05, 3.63) is 11.6 Å². The van der Waals surface area contributed by atoms with E-state index in [1.165, 1.54) is 11.5 Å². The van der Waals surface area contributed by atoms with Gasteiger partial charge in [0.15, 0.2) is 0 Å². The van der Waals surface area contributed by atoms with Crippen molar-refractivity contribution in [2.75, 3.05) is 5.32 Å². The molecule has 0 saturated heterocycles. The van der Waals surface area contributed by atoms with Crippen LogP contribution in [0.1, 0.15) is 20.3 Å². The molecule has 1 aromatic heterocycles. The molecule has 1 fully saturated rings. The first-order valence-corrected chi connectivity index (χ1v) is 5.36. The Morgan fingerprint density at radius 2 is 2.46 bits per heavy atom.